The summed E-state index contributed by atoms with van der Waals surface area (Å²) in [5.74, 6) is -1.30. The van der Waals surface area contributed by atoms with Crippen LogP contribution in [0.2, 0.25) is 10.0 Å². The van der Waals surface area contributed by atoms with E-state index >= 15 is 0 Å². The second-order valence-corrected chi connectivity index (χ2v) is 8.39. The molecule has 0 bridgehead atoms. The Bertz CT molecular complexity index is 850. The monoisotopic (exact) mass is 526 g/mol. The molecule has 0 aliphatic heterocycles. The van der Waals surface area contributed by atoms with E-state index in [0.29, 0.717) is 17.1 Å². The van der Waals surface area contributed by atoms with Gasteiger partial charge in [-0.15, -0.1) is 0 Å². The normalized spacial score (nSPS) is 11.4. The third-order valence-electron chi connectivity index (χ3n) is 3.64. The maximum atomic E-state index is 14.0. The molecule has 1 amide bonds. The molecule has 0 radical (unpaired) electrons. The molecule has 0 aliphatic carbocycles. The molecule has 2 rings (SSSR count). The van der Waals surface area contributed by atoms with Crippen molar-refractivity contribution in [1.29, 1.82) is 0 Å². The van der Waals surface area contributed by atoms with E-state index in [-0.39, 0.29) is 22.9 Å². The average molecular weight is 527 g/mol. The van der Waals surface area contributed by atoms with E-state index in [2.05, 4.69) is 33.4 Å². The van der Waals surface area contributed by atoms with Crippen molar-refractivity contribution in [2.45, 2.75) is 25.9 Å². The van der Waals surface area contributed by atoms with Crippen LogP contribution >= 0.6 is 45.8 Å². The lowest BCUT2D eigenvalue weighted by molar-refractivity contribution is -0.0805. The number of hydrogen-bond acceptors (Lipinski definition) is 4. The fourth-order valence-electron chi connectivity index (χ4n) is 2.13. The largest absolute Gasteiger partial charge is 0.396 e. The number of rotatable bonds is 7. The van der Waals surface area contributed by atoms with Crippen LogP contribution in [0.1, 0.15) is 30.6 Å². The lowest BCUT2D eigenvalue weighted by Gasteiger charge is -2.24. The van der Waals surface area contributed by atoms with Crippen LogP contribution in [-0.2, 0) is 4.84 Å². The fraction of sp³-hybridized carbons (Fsp3) is 0.278. The maximum absolute atomic E-state index is 14.0. The van der Waals surface area contributed by atoms with Gasteiger partial charge in [0.1, 0.15) is 5.82 Å². The molecule has 27 heavy (non-hydrogen) atoms. The molecule has 9 heteroatoms. The van der Waals surface area contributed by atoms with Gasteiger partial charge in [-0.25, -0.2) is 9.87 Å². The van der Waals surface area contributed by atoms with Crippen molar-refractivity contribution in [3.63, 3.8) is 0 Å². The maximum Gasteiger partial charge on any atom is 0.277 e. The van der Waals surface area contributed by atoms with Gasteiger partial charge in [0.05, 0.1) is 32.6 Å². The molecule has 2 aromatic carbocycles. The van der Waals surface area contributed by atoms with Crippen LogP contribution < -0.4 is 10.8 Å². The lowest BCUT2D eigenvalue weighted by Crippen LogP contribution is -2.36. The molecular formula is C18H18Cl2FIN2O3. The summed E-state index contributed by atoms with van der Waals surface area (Å²) in [6.07, 6.45) is 0.320. The Hall–Kier alpha value is -1.13. The van der Waals surface area contributed by atoms with Crippen LogP contribution in [0.5, 0.6) is 0 Å². The van der Waals surface area contributed by atoms with Gasteiger partial charge >= 0.3 is 0 Å². The van der Waals surface area contributed by atoms with Crippen molar-refractivity contribution < 1.29 is 19.1 Å². The first kappa shape index (κ1) is 22.2. The zero-order valence-corrected chi connectivity index (χ0v) is 18.2. The third kappa shape index (κ3) is 6.18. The second-order valence-electron chi connectivity index (χ2n) is 6.33. The molecule has 0 atom stereocenters. The average Bonchev–Trinajstić information content (AvgIpc) is 2.58. The molecule has 5 nitrogen and oxygen atoms in total. The van der Waals surface area contributed by atoms with E-state index < -0.39 is 17.3 Å². The first-order chi connectivity index (χ1) is 12.6. The summed E-state index contributed by atoms with van der Waals surface area (Å²) in [6.45, 7) is 3.33. The zero-order chi connectivity index (χ0) is 20.2. The number of nitrogens with one attached hydrogen (secondary N) is 2. The van der Waals surface area contributed by atoms with Gasteiger partial charge in [0.15, 0.2) is 0 Å². The van der Waals surface area contributed by atoms with Crippen LogP contribution in [0.3, 0.4) is 0 Å². The molecule has 0 unspecified atom stereocenters. The predicted octanol–water partition coefficient (Wildman–Crippen LogP) is 5.30. The summed E-state index contributed by atoms with van der Waals surface area (Å²) in [4.78, 5) is 17.9. The van der Waals surface area contributed by atoms with E-state index in [1.54, 1.807) is 26.0 Å². The highest BCUT2D eigenvalue weighted by Crippen LogP contribution is 2.31. The topological polar surface area (TPSA) is 70.6 Å². The number of hydroxylamine groups is 1. The first-order valence-corrected chi connectivity index (χ1v) is 9.77. The SMILES string of the molecule is CC(C)(CCO)ONC(=O)c1cc(Cl)c(F)cc1Nc1ccc(I)cc1Cl. The Morgan fingerprint density at radius 2 is 1.93 bits per heavy atom. The van der Waals surface area contributed by atoms with Gasteiger partial charge in [-0.3, -0.25) is 9.63 Å². The van der Waals surface area contributed by atoms with E-state index in [9.17, 15) is 9.18 Å². The van der Waals surface area contributed by atoms with Crippen molar-refractivity contribution in [2.24, 2.45) is 0 Å². The van der Waals surface area contributed by atoms with Gasteiger partial charge in [0, 0.05) is 16.6 Å². The summed E-state index contributed by atoms with van der Waals surface area (Å²) < 4.78 is 14.9. The minimum Gasteiger partial charge on any atom is -0.396 e. The summed E-state index contributed by atoms with van der Waals surface area (Å²) in [7, 11) is 0. The summed E-state index contributed by atoms with van der Waals surface area (Å²) in [5, 5.41) is 12.2. The number of hydrogen-bond donors (Lipinski definition) is 3. The van der Waals surface area contributed by atoms with E-state index in [1.807, 2.05) is 6.07 Å². The zero-order valence-electron chi connectivity index (χ0n) is 14.6. The predicted molar refractivity (Wildman–Crippen MR) is 113 cm³/mol. The highest BCUT2D eigenvalue weighted by molar-refractivity contribution is 14.1. The van der Waals surface area contributed by atoms with Crippen molar-refractivity contribution in [3.05, 3.63) is 55.3 Å². The number of carbonyl (C=O) groups is 1. The smallest absolute Gasteiger partial charge is 0.277 e. The number of benzene rings is 2. The fourth-order valence-corrected chi connectivity index (χ4v) is 3.20. The van der Waals surface area contributed by atoms with Gasteiger partial charge in [0.25, 0.3) is 5.91 Å². The molecule has 0 saturated heterocycles. The Morgan fingerprint density at radius 1 is 1.22 bits per heavy atom. The highest BCUT2D eigenvalue weighted by atomic mass is 127. The van der Waals surface area contributed by atoms with Crippen molar-refractivity contribution in [2.75, 3.05) is 11.9 Å². The molecule has 0 aliphatic rings. The van der Waals surface area contributed by atoms with Gasteiger partial charge < -0.3 is 10.4 Å². The minimum atomic E-state index is -0.777. The van der Waals surface area contributed by atoms with Crippen molar-refractivity contribution in [3.8, 4) is 0 Å². The van der Waals surface area contributed by atoms with E-state index in [1.165, 1.54) is 6.07 Å². The van der Waals surface area contributed by atoms with Crippen molar-refractivity contribution in [1.82, 2.24) is 5.48 Å². The van der Waals surface area contributed by atoms with Crippen molar-refractivity contribution >= 4 is 63.1 Å². The lowest BCUT2D eigenvalue weighted by atomic mass is 10.1. The van der Waals surface area contributed by atoms with Gasteiger partial charge in [-0.05, 0) is 66.8 Å². The number of anilines is 2. The number of aliphatic hydroxyl groups excluding tert-OH is 1. The van der Waals surface area contributed by atoms with Gasteiger partial charge in [-0.2, -0.15) is 0 Å². The van der Waals surface area contributed by atoms with E-state index in [0.717, 1.165) is 9.64 Å². The molecule has 2 aromatic rings. The molecule has 3 N–H and O–H groups in total. The van der Waals surface area contributed by atoms with Gasteiger partial charge in [-0.1, -0.05) is 23.2 Å². The quantitative estimate of drug-likeness (QED) is 0.338. The third-order valence-corrected chi connectivity index (χ3v) is 4.91. The van der Waals surface area contributed by atoms with E-state index in [4.69, 9.17) is 33.1 Å². The van der Waals surface area contributed by atoms with Crippen LogP contribution in [0.25, 0.3) is 0 Å². The second kappa shape index (κ2) is 9.38. The number of carbonyl (C=O) groups excluding carboxylic acids is 1. The van der Waals surface area contributed by atoms with Crippen LogP contribution in [0, 0.1) is 9.39 Å². The number of amides is 1. The van der Waals surface area contributed by atoms with Crippen LogP contribution in [-0.4, -0.2) is 23.2 Å². The molecule has 0 spiro atoms. The molecule has 146 valence electrons. The first-order valence-electron chi connectivity index (χ1n) is 7.93. The summed E-state index contributed by atoms with van der Waals surface area (Å²) in [6, 6.07) is 7.60. The van der Waals surface area contributed by atoms with Gasteiger partial charge in [0.2, 0.25) is 0 Å². The van der Waals surface area contributed by atoms with Crippen LogP contribution in [0.4, 0.5) is 15.8 Å². The summed E-state index contributed by atoms with van der Waals surface area (Å²) in [5.41, 5.74) is 2.31. The molecule has 0 fully saturated rings. The number of aliphatic hydroxyl groups is 1. The molecule has 0 saturated carbocycles. The standard InChI is InChI=1S/C18H18Cl2FIN2O3/c1-18(2,5-6-25)27-24-17(26)11-8-12(19)14(21)9-16(11)23-15-4-3-10(22)7-13(15)20/h3-4,7-9,23,25H,5-6H2,1-2H3,(H,24,26). The molecular weight excluding hydrogens is 509 g/mol. The number of halogens is 4. The Labute approximate surface area is 180 Å². The Kier molecular flexibility index (Phi) is 7.70. The Morgan fingerprint density at radius 3 is 2.56 bits per heavy atom. The molecule has 0 heterocycles. The molecule has 0 aromatic heterocycles. The summed E-state index contributed by atoms with van der Waals surface area (Å²) >= 11 is 14.2. The minimum absolute atomic E-state index is 0.0795. The highest BCUT2D eigenvalue weighted by Gasteiger charge is 2.22. The Balaban J connectivity index is 2.30. The van der Waals surface area contributed by atoms with Crippen LogP contribution in [0.15, 0.2) is 30.3 Å².